The number of hydrogen-bond donors (Lipinski definition) is 1. The predicted octanol–water partition coefficient (Wildman–Crippen LogP) is 1.70. The van der Waals surface area contributed by atoms with Crippen molar-refractivity contribution < 1.29 is 23.0 Å². The highest BCUT2D eigenvalue weighted by Gasteiger charge is 2.27. The maximum atomic E-state index is 11.8. The molecule has 0 spiro atoms. The average Bonchev–Trinajstić information content (AvgIpc) is 2.14. The number of halogens is 4. The van der Waals surface area contributed by atoms with Crippen molar-refractivity contribution in [2.75, 3.05) is 6.61 Å². The van der Waals surface area contributed by atoms with Crippen LogP contribution in [-0.2, 0) is 18.0 Å². The Balaban J connectivity index is 2.57. The van der Waals surface area contributed by atoms with Crippen LogP contribution < -0.4 is 0 Å². The highest BCUT2D eigenvalue weighted by atomic mass is 35.5. The van der Waals surface area contributed by atoms with Crippen molar-refractivity contribution in [2.24, 2.45) is 0 Å². The third-order valence-electron chi connectivity index (χ3n) is 1.48. The Morgan fingerprint density at radius 2 is 1.94 bits per heavy atom. The first-order valence-electron chi connectivity index (χ1n) is 4.18. The van der Waals surface area contributed by atoms with Gasteiger partial charge in [0.1, 0.15) is 6.61 Å². The molecule has 0 saturated heterocycles. The van der Waals surface area contributed by atoms with Gasteiger partial charge in [-0.05, 0) is 17.7 Å². The van der Waals surface area contributed by atoms with Crippen LogP contribution in [0.25, 0.3) is 0 Å². The fourth-order valence-electron chi connectivity index (χ4n) is 0.945. The minimum Gasteiger partial charge on any atom is -0.390 e. The normalized spacial score (nSPS) is 11.8. The molecule has 0 unspecified atom stereocenters. The van der Waals surface area contributed by atoms with Gasteiger partial charge in [0.25, 0.3) is 0 Å². The molecule has 0 aromatic carbocycles. The molecular formula is C8H8ClF3N2O2. The number of hydrogen-bond acceptors (Lipinski definition) is 4. The van der Waals surface area contributed by atoms with E-state index in [2.05, 4.69) is 14.7 Å². The average molecular weight is 257 g/mol. The van der Waals surface area contributed by atoms with Crippen LogP contribution in [0, 0.1) is 0 Å². The lowest BCUT2D eigenvalue weighted by Gasteiger charge is -2.07. The molecule has 4 nitrogen and oxygen atoms in total. The first-order chi connectivity index (χ1) is 7.40. The number of ether oxygens (including phenoxy) is 1. The molecule has 1 N–H and O–H groups in total. The van der Waals surface area contributed by atoms with E-state index < -0.39 is 12.8 Å². The Morgan fingerprint density at radius 3 is 2.50 bits per heavy atom. The van der Waals surface area contributed by atoms with Gasteiger partial charge in [-0.1, -0.05) is 0 Å². The molecule has 0 aliphatic carbocycles. The van der Waals surface area contributed by atoms with Crippen LogP contribution in [0.1, 0.15) is 11.4 Å². The Bertz CT molecular complexity index is 360. The molecule has 90 valence electrons. The fourth-order valence-corrected chi connectivity index (χ4v) is 1.16. The van der Waals surface area contributed by atoms with E-state index >= 15 is 0 Å². The van der Waals surface area contributed by atoms with Gasteiger partial charge in [-0.25, -0.2) is 9.97 Å². The van der Waals surface area contributed by atoms with Crippen molar-refractivity contribution in [1.82, 2.24) is 9.97 Å². The second-order valence-electron chi connectivity index (χ2n) is 2.89. The van der Waals surface area contributed by atoms with Crippen molar-refractivity contribution >= 4 is 11.6 Å². The summed E-state index contributed by atoms with van der Waals surface area (Å²) in [4.78, 5) is 7.29. The molecule has 0 aliphatic heterocycles. The summed E-state index contributed by atoms with van der Waals surface area (Å²) in [7, 11) is 0. The SMILES string of the molecule is OCc1cc(COCC(F)(F)F)nc(Cl)n1. The van der Waals surface area contributed by atoms with Crippen molar-refractivity contribution in [3.63, 3.8) is 0 Å². The van der Waals surface area contributed by atoms with E-state index in [1.807, 2.05) is 0 Å². The topological polar surface area (TPSA) is 55.2 Å². The maximum Gasteiger partial charge on any atom is 0.411 e. The van der Waals surface area contributed by atoms with Gasteiger partial charge in [0.05, 0.1) is 24.6 Å². The Labute approximate surface area is 94.0 Å². The molecule has 1 aromatic heterocycles. The third-order valence-corrected chi connectivity index (χ3v) is 1.65. The quantitative estimate of drug-likeness (QED) is 0.833. The van der Waals surface area contributed by atoms with Crippen molar-refractivity contribution in [2.45, 2.75) is 19.4 Å². The van der Waals surface area contributed by atoms with Gasteiger partial charge in [0.2, 0.25) is 5.28 Å². The molecule has 1 rings (SSSR count). The molecule has 0 radical (unpaired) electrons. The molecule has 8 heteroatoms. The van der Waals surface area contributed by atoms with E-state index in [9.17, 15) is 13.2 Å². The van der Waals surface area contributed by atoms with Gasteiger partial charge in [-0.2, -0.15) is 13.2 Å². The van der Waals surface area contributed by atoms with Crippen LogP contribution in [0.5, 0.6) is 0 Å². The third kappa shape index (κ3) is 4.73. The summed E-state index contributed by atoms with van der Waals surface area (Å²) in [6.45, 7) is -2.06. The van der Waals surface area contributed by atoms with Crippen LogP contribution in [0.3, 0.4) is 0 Å². The molecular weight excluding hydrogens is 249 g/mol. The van der Waals surface area contributed by atoms with E-state index in [-0.39, 0.29) is 29.9 Å². The van der Waals surface area contributed by atoms with Crippen LogP contribution in [0.4, 0.5) is 13.2 Å². The second-order valence-corrected chi connectivity index (χ2v) is 3.22. The Hall–Kier alpha value is -0.920. The van der Waals surface area contributed by atoms with Crippen LogP contribution in [-0.4, -0.2) is 27.9 Å². The van der Waals surface area contributed by atoms with Gasteiger partial charge in [0, 0.05) is 0 Å². The standard InChI is InChI=1S/C8H8ClF3N2O2/c9-7-13-5(2-15)1-6(14-7)3-16-4-8(10,11)12/h1,15H,2-4H2. The second kappa shape index (κ2) is 5.42. The van der Waals surface area contributed by atoms with Gasteiger partial charge in [-0.15, -0.1) is 0 Å². The number of aliphatic hydroxyl groups is 1. The molecule has 0 saturated carbocycles. The van der Waals surface area contributed by atoms with Crippen molar-refractivity contribution in [1.29, 1.82) is 0 Å². The lowest BCUT2D eigenvalue weighted by molar-refractivity contribution is -0.176. The van der Waals surface area contributed by atoms with E-state index in [0.29, 0.717) is 0 Å². The molecule has 1 aromatic rings. The largest absolute Gasteiger partial charge is 0.411 e. The zero-order valence-electron chi connectivity index (χ0n) is 7.96. The summed E-state index contributed by atoms with van der Waals surface area (Å²) in [6.07, 6.45) is -4.38. The van der Waals surface area contributed by atoms with Gasteiger partial charge >= 0.3 is 6.18 Å². The number of aromatic nitrogens is 2. The molecule has 0 amide bonds. The van der Waals surface area contributed by atoms with Crippen LogP contribution in [0.15, 0.2) is 6.07 Å². The Morgan fingerprint density at radius 1 is 1.31 bits per heavy atom. The highest BCUT2D eigenvalue weighted by Crippen LogP contribution is 2.15. The summed E-state index contributed by atoms with van der Waals surface area (Å²) >= 11 is 5.49. The summed E-state index contributed by atoms with van der Waals surface area (Å²) in [5.74, 6) is 0. The summed E-state index contributed by atoms with van der Waals surface area (Å²) in [5, 5.41) is 8.63. The van der Waals surface area contributed by atoms with E-state index in [0.717, 1.165) is 0 Å². The first-order valence-corrected chi connectivity index (χ1v) is 4.56. The van der Waals surface area contributed by atoms with Crippen LogP contribution >= 0.6 is 11.6 Å². The van der Waals surface area contributed by atoms with Crippen molar-refractivity contribution in [3.8, 4) is 0 Å². The summed E-state index contributed by atoms with van der Waals surface area (Å²) < 4.78 is 39.7. The minimum absolute atomic E-state index is 0.142. The molecule has 0 fully saturated rings. The summed E-state index contributed by atoms with van der Waals surface area (Å²) in [6, 6.07) is 1.32. The summed E-state index contributed by atoms with van der Waals surface area (Å²) in [5.41, 5.74) is 0.416. The van der Waals surface area contributed by atoms with E-state index in [4.69, 9.17) is 16.7 Å². The van der Waals surface area contributed by atoms with Crippen molar-refractivity contribution in [3.05, 3.63) is 22.7 Å². The number of alkyl halides is 3. The number of nitrogens with zero attached hydrogens (tertiary/aromatic N) is 2. The van der Waals surface area contributed by atoms with E-state index in [1.165, 1.54) is 6.07 Å². The fraction of sp³-hybridized carbons (Fsp3) is 0.500. The lowest BCUT2D eigenvalue weighted by atomic mass is 10.3. The van der Waals surface area contributed by atoms with Gasteiger partial charge in [-0.3, -0.25) is 0 Å². The highest BCUT2D eigenvalue weighted by molar-refractivity contribution is 6.28. The van der Waals surface area contributed by atoms with Gasteiger partial charge < -0.3 is 9.84 Å². The molecule has 0 aliphatic rings. The minimum atomic E-state index is -4.38. The molecule has 16 heavy (non-hydrogen) atoms. The zero-order chi connectivity index (χ0) is 12.2. The maximum absolute atomic E-state index is 11.8. The predicted molar refractivity (Wildman–Crippen MR) is 48.7 cm³/mol. The van der Waals surface area contributed by atoms with Crippen LogP contribution in [0.2, 0.25) is 5.28 Å². The molecule has 1 heterocycles. The number of aliphatic hydroxyl groups excluding tert-OH is 1. The smallest absolute Gasteiger partial charge is 0.390 e. The molecule has 0 atom stereocenters. The Kier molecular flexibility index (Phi) is 4.45. The van der Waals surface area contributed by atoms with E-state index in [1.54, 1.807) is 0 Å². The first kappa shape index (κ1) is 13.1. The monoisotopic (exact) mass is 256 g/mol. The van der Waals surface area contributed by atoms with Gasteiger partial charge in [0.15, 0.2) is 0 Å². The molecule has 0 bridgehead atoms. The lowest BCUT2D eigenvalue weighted by Crippen LogP contribution is -2.17. The number of rotatable bonds is 4. The zero-order valence-corrected chi connectivity index (χ0v) is 8.72.